The van der Waals surface area contributed by atoms with Crippen LogP contribution in [0.4, 0.5) is 5.69 Å². The number of imide groups is 1. The van der Waals surface area contributed by atoms with Crippen molar-refractivity contribution in [2.24, 2.45) is 0 Å². The minimum Gasteiger partial charge on any atom is -0.454 e. The maximum Gasteiger partial charge on any atom is 0.278 e. The van der Waals surface area contributed by atoms with Crippen molar-refractivity contribution in [1.82, 2.24) is 4.90 Å². The van der Waals surface area contributed by atoms with Crippen LogP contribution in [0.3, 0.4) is 0 Å². The molecule has 0 atom stereocenters. The van der Waals surface area contributed by atoms with Gasteiger partial charge >= 0.3 is 0 Å². The number of rotatable bonds is 5. The lowest BCUT2D eigenvalue weighted by Gasteiger charge is -2.16. The van der Waals surface area contributed by atoms with Crippen molar-refractivity contribution in [2.75, 3.05) is 12.1 Å². The summed E-state index contributed by atoms with van der Waals surface area (Å²) in [6.45, 7) is 4.15. The topological polar surface area (TPSA) is 67.9 Å². The van der Waals surface area contributed by atoms with Gasteiger partial charge in [-0.15, -0.1) is 0 Å². The van der Waals surface area contributed by atoms with E-state index in [9.17, 15) is 9.59 Å². The maximum atomic E-state index is 13.5. The van der Waals surface area contributed by atoms with Crippen LogP contribution in [-0.2, 0) is 16.1 Å². The Morgan fingerprint density at radius 1 is 0.909 bits per heavy atom. The van der Waals surface area contributed by atoms with Gasteiger partial charge in [0.1, 0.15) is 5.70 Å². The smallest absolute Gasteiger partial charge is 0.278 e. The molecule has 5 rings (SSSR count). The summed E-state index contributed by atoms with van der Waals surface area (Å²) in [5.74, 6) is 0.517. The molecule has 3 aromatic rings. The molecule has 2 heterocycles. The Labute approximate surface area is 196 Å². The SMILES string of the molecule is Cc1ccc(C2=C(Nc3ccc(Cl)cc3C)C(=O)N(Cc3ccc4c(c3)OCO4)C2=O)cc1. The molecule has 2 aliphatic heterocycles. The molecule has 2 amide bonds. The quantitative estimate of drug-likeness (QED) is 0.538. The number of hydrogen-bond donors (Lipinski definition) is 1. The highest BCUT2D eigenvalue weighted by molar-refractivity contribution is 6.36. The number of anilines is 1. The van der Waals surface area contributed by atoms with E-state index >= 15 is 0 Å². The molecular formula is C26H21ClN2O4. The van der Waals surface area contributed by atoms with E-state index in [1.54, 1.807) is 24.3 Å². The lowest BCUT2D eigenvalue weighted by atomic mass is 10.0. The molecule has 33 heavy (non-hydrogen) atoms. The van der Waals surface area contributed by atoms with E-state index < -0.39 is 0 Å². The zero-order chi connectivity index (χ0) is 23.1. The van der Waals surface area contributed by atoms with Crippen LogP contribution in [0.15, 0.2) is 66.4 Å². The van der Waals surface area contributed by atoms with Crippen molar-refractivity contribution < 1.29 is 19.1 Å². The molecule has 0 saturated carbocycles. The number of amides is 2. The van der Waals surface area contributed by atoms with Gasteiger partial charge in [0, 0.05) is 10.7 Å². The second-order valence-electron chi connectivity index (χ2n) is 8.08. The fraction of sp³-hybridized carbons (Fsp3) is 0.154. The minimum absolute atomic E-state index is 0.119. The zero-order valence-electron chi connectivity index (χ0n) is 18.1. The van der Waals surface area contributed by atoms with E-state index in [1.165, 1.54) is 4.90 Å². The summed E-state index contributed by atoms with van der Waals surface area (Å²) in [6, 6.07) is 18.3. The Morgan fingerprint density at radius 3 is 2.42 bits per heavy atom. The second kappa shape index (κ2) is 8.30. The average molecular weight is 461 g/mol. The molecule has 0 aromatic heterocycles. The Morgan fingerprint density at radius 2 is 1.67 bits per heavy atom. The van der Waals surface area contributed by atoms with Gasteiger partial charge in [0.2, 0.25) is 6.79 Å². The van der Waals surface area contributed by atoms with Crippen LogP contribution in [0.1, 0.15) is 22.3 Å². The summed E-state index contributed by atoms with van der Waals surface area (Å²) in [5.41, 5.74) is 4.69. The van der Waals surface area contributed by atoms with Crippen molar-refractivity contribution in [3.63, 3.8) is 0 Å². The van der Waals surface area contributed by atoms with Gasteiger partial charge in [-0.2, -0.15) is 0 Å². The summed E-state index contributed by atoms with van der Waals surface area (Å²) in [7, 11) is 0. The third-order valence-corrected chi connectivity index (χ3v) is 5.97. The lowest BCUT2D eigenvalue weighted by Crippen LogP contribution is -2.32. The Kier molecular flexibility index (Phi) is 5.30. The van der Waals surface area contributed by atoms with Gasteiger partial charge < -0.3 is 14.8 Å². The highest BCUT2D eigenvalue weighted by Crippen LogP contribution is 2.36. The van der Waals surface area contributed by atoms with Gasteiger partial charge in [-0.25, -0.2) is 0 Å². The standard InChI is InChI=1S/C26H21ClN2O4/c1-15-3-6-18(7-4-15)23-24(28-20-9-8-19(27)11-16(20)2)26(31)29(25(23)30)13-17-5-10-21-22(12-17)33-14-32-21/h3-12,28H,13-14H2,1-2H3. The number of fused-ring (bicyclic) bond motifs is 1. The number of benzene rings is 3. The molecule has 6 nitrogen and oxygen atoms in total. The molecule has 1 N–H and O–H groups in total. The summed E-state index contributed by atoms with van der Waals surface area (Å²) in [6.07, 6.45) is 0. The van der Waals surface area contributed by atoms with Crippen molar-refractivity contribution in [3.8, 4) is 11.5 Å². The van der Waals surface area contributed by atoms with E-state index in [0.29, 0.717) is 33.3 Å². The number of aryl methyl sites for hydroxylation is 2. The van der Waals surface area contributed by atoms with Crippen LogP contribution in [0, 0.1) is 13.8 Å². The fourth-order valence-electron chi connectivity index (χ4n) is 3.95. The van der Waals surface area contributed by atoms with Crippen molar-refractivity contribution in [2.45, 2.75) is 20.4 Å². The summed E-state index contributed by atoms with van der Waals surface area (Å²) in [5, 5.41) is 3.80. The predicted molar refractivity (Wildman–Crippen MR) is 126 cm³/mol. The average Bonchev–Trinajstić information content (AvgIpc) is 3.35. The Balaban J connectivity index is 1.52. The highest BCUT2D eigenvalue weighted by atomic mass is 35.5. The Hall–Kier alpha value is -3.77. The molecule has 0 fully saturated rings. The van der Waals surface area contributed by atoms with Crippen LogP contribution < -0.4 is 14.8 Å². The van der Waals surface area contributed by atoms with E-state index in [0.717, 1.165) is 16.7 Å². The third kappa shape index (κ3) is 3.94. The van der Waals surface area contributed by atoms with E-state index in [1.807, 2.05) is 50.2 Å². The molecule has 2 aliphatic rings. The van der Waals surface area contributed by atoms with Crippen LogP contribution in [0.25, 0.3) is 5.57 Å². The van der Waals surface area contributed by atoms with Crippen LogP contribution >= 0.6 is 11.6 Å². The summed E-state index contributed by atoms with van der Waals surface area (Å²) >= 11 is 6.09. The predicted octanol–water partition coefficient (Wildman–Crippen LogP) is 5.08. The van der Waals surface area contributed by atoms with Crippen molar-refractivity contribution in [1.29, 1.82) is 0 Å². The first kappa shape index (κ1) is 21.1. The Bertz CT molecular complexity index is 1310. The lowest BCUT2D eigenvalue weighted by molar-refractivity contribution is -0.137. The molecule has 0 aliphatic carbocycles. The molecule has 7 heteroatoms. The number of halogens is 1. The number of nitrogens with one attached hydrogen (secondary N) is 1. The van der Waals surface area contributed by atoms with Crippen molar-refractivity contribution >= 4 is 34.7 Å². The number of carbonyl (C=O) groups is 2. The van der Waals surface area contributed by atoms with E-state index in [2.05, 4.69) is 5.32 Å². The van der Waals surface area contributed by atoms with Gasteiger partial charge in [0.15, 0.2) is 11.5 Å². The number of hydrogen-bond acceptors (Lipinski definition) is 5. The number of ether oxygens (including phenoxy) is 2. The molecule has 0 unspecified atom stereocenters. The maximum absolute atomic E-state index is 13.5. The van der Waals surface area contributed by atoms with Gasteiger partial charge in [0.25, 0.3) is 11.8 Å². The van der Waals surface area contributed by atoms with Crippen LogP contribution in [-0.4, -0.2) is 23.5 Å². The first-order chi connectivity index (χ1) is 15.9. The molecular weight excluding hydrogens is 440 g/mol. The minimum atomic E-state index is -0.386. The van der Waals surface area contributed by atoms with Gasteiger partial charge in [-0.3, -0.25) is 14.5 Å². The molecule has 0 saturated heterocycles. The monoisotopic (exact) mass is 460 g/mol. The molecule has 0 spiro atoms. The first-order valence-corrected chi connectivity index (χ1v) is 10.9. The highest BCUT2D eigenvalue weighted by Gasteiger charge is 2.39. The summed E-state index contributed by atoms with van der Waals surface area (Å²) < 4.78 is 10.8. The van der Waals surface area contributed by atoms with Crippen molar-refractivity contribution in [3.05, 3.63) is 93.6 Å². The third-order valence-electron chi connectivity index (χ3n) is 5.73. The normalized spacial score (nSPS) is 14.9. The summed E-state index contributed by atoms with van der Waals surface area (Å²) in [4.78, 5) is 28.2. The molecule has 166 valence electrons. The second-order valence-corrected chi connectivity index (χ2v) is 8.52. The zero-order valence-corrected chi connectivity index (χ0v) is 18.9. The fourth-order valence-corrected chi connectivity index (χ4v) is 4.17. The van der Waals surface area contributed by atoms with E-state index in [-0.39, 0.29) is 30.8 Å². The molecule has 0 radical (unpaired) electrons. The molecule has 3 aromatic carbocycles. The largest absolute Gasteiger partial charge is 0.454 e. The van der Waals surface area contributed by atoms with Gasteiger partial charge in [0.05, 0.1) is 12.1 Å². The van der Waals surface area contributed by atoms with Crippen LogP contribution in [0.2, 0.25) is 5.02 Å². The van der Waals surface area contributed by atoms with Gasteiger partial charge in [-0.1, -0.05) is 47.5 Å². The number of carbonyl (C=O) groups excluding carboxylic acids is 2. The van der Waals surface area contributed by atoms with E-state index in [4.69, 9.17) is 21.1 Å². The molecule has 0 bridgehead atoms. The number of nitrogens with zero attached hydrogens (tertiary/aromatic N) is 1. The van der Waals surface area contributed by atoms with Gasteiger partial charge in [-0.05, 0) is 60.9 Å². The van der Waals surface area contributed by atoms with Crippen LogP contribution in [0.5, 0.6) is 11.5 Å². The first-order valence-electron chi connectivity index (χ1n) is 10.5.